The Morgan fingerprint density at radius 3 is 2.12 bits per heavy atom. The Kier molecular flexibility index (Phi) is 5.29. The topological polar surface area (TPSA) is 97.6 Å². The summed E-state index contributed by atoms with van der Waals surface area (Å²) in [6.45, 7) is 1.80. The van der Waals surface area contributed by atoms with Crippen molar-refractivity contribution in [3.8, 4) is 0 Å². The number of rotatable bonds is 6. The fraction of sp³-hybridized carbons (Fsp3) is 0.174. The molecule has 3 aromatic rings. The first kappa shape index (κ1) is 21.6. The Bertz CT molecular complexity index is 1280. The molecule has 0 unspecified atom stereocenters. The first-order valence-electron chi connectivity index (χ1n) is 9.88. The third-order valence-electron chi connectivity index (χ3n) is 5.92. The van der Waals surface area contributed by atoms with Crippen molar-refractivity contribution in [2.45, 2.75) is 29.7 Å². The average Bonchev–Trinajstić information content (AvgIpc) is 2.79. The molecule has 164 valence electrons. The molecule has 0 aliphatic carbocycles. The number of hydrogen-bond donors (Lipinski definition) is 0. The van der Waals surface area contributed by atoms with E-state index in [0.29, 0.717) is 17.5 Å². The van der Waals surface area contributed by atoms with E-state index in [9.17, 15) is 27.7 Å². The zero-order chi connectivity index (χ0) is 23.1. The number of nitro benzene ring substituents is 1. The third-order valence-corrected chi connectivity index (χ3v) is 7.68. The molecule has 1 fully saturated rings. The molecule has 1 aliphatic rings. The smallest absolute Gasteiger partial charge is 0.269 e. The minimum Gasteiger partial charge on any atom is -0.273 e. The van der Waals surface area contributed by atoms with Crippen molar-refractivity contribution in [3.05, 3.63) is 106 Å². The van der Waals surface area contributed by atoms with Crippen molar-refractivity contribution in [3.63, 3.8) is 0 Å². The summed E-state index contributed by atoms with van der Waals surface area (Å²) in [5.41, 5.74) is -0.271. The fourth-order valence-corrected chi connectivity index (χ4v) is 5.96. The molecule has 2 atom stereocenters. The third kappa shape index (κ3) is 3.16. The standard InChI is InChI=1S/C23H19FN2O5S/c1-2-23(17-6-4-3-5-7-17)21(16-8-10-18(24)11-9-16)25(22(23)27)32(30,31)20-14-12-19(13-15-20)26(28)29/h3-15,21H,2H2,1H3/t21-,23+/m1/s1. The van der Waals surface area contributed by atoms with Gasteiger partial charge in [0, 0.05) is 12.1 Å². The van der Waals surface area contributed by atoms with Crippen LogP contribution in [-0.2, 0) is 20.2 Å². The number of carbonyl (C=O) groups excluding carboxylic acids is 1. The van der Waals surface area contributed by atoms with Gasteiger partial charge in [0.05, 0.1) is 15.9 Å². The monoisotopic (exact) mass is 454 g/mol. The molecule has 0 radical (unpaired) electrons. The molecule has 32 heavy (non-hydrogen) atoms. The number of halogens is 1. The lowest BCUT2D eigenvalue weighted by molar-refractivity contribution is -0.384. The average molecular weight is 454 g/mol. The van der Waals surface area contributed by atoms with Crippen LogP contribution in [0.3, 0.4) is 0 Å². The van der Waals surface area contributed by atoms with Crippen LogP contribution in [-0.4, -0.2) is 23.6 Å². The summed E-state index contributed by atoms with van der Waals surface area (Å²) >= 11 is 0. The van der Waals surface area contributed by atoms with Gasteiger partial charge in [-0.25, -0.2) is 17.1 Å². The Morgan fingerprint density at radius 2 is 1.59 bits per heavy atom. The summed E-state index contributed by atoms with van der Waals surface area (Å²) in [7, 11) is -4.32. The number of benzene rings is 3. The van der Waals surface area contributed by atoms with Crippen molar-refractivity contribution in [2.24, 2.45) is 0 Å². The second kappa shape index (κ2) is 7.83. The number of nitrogens with zero attached hydrogens (tertiary/aromatic N) is 2. The van der Waals surface area contributed by atoms with E-state index in [-0.39, 0.29) is 10.6 Å². The molecular weight excluding hydrogens is 435 g/mol. The van der Waals surface area contributed by atoms with Gasteiger partial charge in [0.15, 0.2) is 0 Å². The number of β-lactam (4-membered cyclic amide) rings is 1. The maximum absolute atomic E-state index is 13.6. The number of amides is 1. The Labute approximate surface area is 184 Å². The molecule has 0 saturated carbocycles. The molecule has 9 heteroatoms. The first-order chi connectivity index (χ1) is 15.2. The van der Waals surface area contributed by atoms with Crippen LogP contribution in [0, 0.1) is 15.9 Å². The van der Waals surface area contributed by atoms with Crippen molar-refractivity contribution in [1.82, 2.24) is 4.31 Å². The van der Waals surface area contributed by atoms with E-state index in [1.165, 1.54) is 24.3 Å². The predicted molar refractivity (Wildman–Crippen MR) is 115 cm³/mol. The fourth-order valence-electron chi connectivity index (χ4n) is 4.30. The summed E-state index contributed by atoms with van der Waals surface area (Å²) < 4.78 is 41.3. The second-order valence-electron chi connectivity index (χ2n) is 7.50. The van der Waals surface area contributed by atoms with E-state index >= 15 is 0 Å². The molecule has 3 aromatic carbocycles. The van der Waals surface area contributed by atoms with Gasteiger partial charge in [-0.2, -0.15) is 0 Å². The number of carbonyl (C=O) groups is 1. The summed E-state index contributed by atoms with van der Waals surface area (Å²) in [6.07, 6.45) is 0.324. The van der Waals surface area contributed by atoms with Crippen LogP contribution in [0.2, 0.25) is 0 Å². The van der Waals surface area contributed by atoms with Crippen molar-refractivity contribution < 1.29 is 22.5 Å². The van der Waals surface area contributed by atoms with Gasteiger partial charge < -0.3 is 0 Å². The number of sulfonamides is 1. The molecule has 1 saturated heterocycles. The summed E-state index contributed by atoms with van der Waals surface area (Å²) in [4.78, 5) is 23.6. The number of non-ortho nitro benzene ring substituents is 1. The number of nitro groups is 1. The highest BCUT2D eigenvalue weighted by Crippen LogP contribution is 2.56. The molecular formula is C23H19FN2O5S. The van der Waals surface area contributed by atoms with E-state index < -0.39 is 38.1 Å². The first-order valence-corrected chi connectivity index (χ1v) is 11.3. The van der Waals surface area contributed by atoms with Crippen molar-refractivity contribution in [1.29, 1.82) is 0 Å². The van der Waals surface area contributed by atoms with Gasteiger partial charge >= 0.3 is 0 Å². The lowest BCUT2D eigenvalue weighted by Crippen LogP contribution is -2.67. The van der Waals surface area contributed by atoms with Crippen LogP contribution < -0.4 is 0 Å². The Morgan fingerprint density at radius 1 is 1.00 bits per heavy atom. The predicted octanol–water partition coefficient (Wildman–Crippen LogP) is 4.35. The van der Waals surface area contributed by atoms with Crippen LogP contribution in [0.5, 0.6) is 0 Å². The van der Waals surface area contributed by atoms with Gasteiger partial charge in [-0.15, -0.1) is 0 Å². The highest BCUT2D eigenvalue weighted by molar-refractivity contribution is 7.89. The van der Waals surface area contributed by atoms with E-state index in [4.69, 9.17) is 0 Å². The summed E-state index contributed by atoms with van der Waals surface area (Å²) in [5, 5.41) is 10.9. The van der Waals surface area contributed by atoms with Crippen molar-refractivity contribution in [2.75, 3.05) is 0 Å². The largest absolute Gasteiger partial charge is 0.273 e. The molecule has 1 amide bonds. The normalized spacial score (nSPS) is 20.6. The van der Waals surface area contributed by atoms with Crippen molar-refractivity contribution >= 4 is 21.6 Å². The van der Waals surface area contributed by atoms with Crippen LogP contribution >= 0.6 is 0 Å². The SMILES string of the molecule is CC[C@@]1(c2ccccc2)C(=O)N(S(=O)(=O)c2ccc([N+](=O)[O-])cc2)[C@@H]1c1ccc(F)cc1. The lowest BCUT2D eigenvalue weighted by atomic mass is 9.63. The minimum atomic E-state index is -4.32. The second-order valence-corrected chi connectivity index (χ2v) is 9.32. The van der Waals surface area contributed by atoms with Crippen LogP contribution in [0.25, 0.3) is 0 Å². The van der Waals surface area contributed by atoms with E-state index in [2.05, 4.69) is 0 Å². The van der Waals surface area contributed by atoms with E-state index in [1.807, 2.05) is 0 Å². The molecule has 1 heterocycles. The molecule has 0 spiro atoms. The van der Waals surface area contributed by atoms with Gasteiger partial charge in [-0.3, -0.25) is 14.9 Å². The zero-order valence-corrected chi connectivity index (χ0v) is 17.8. The lowest BCUT2D eigenvalue weighted by Gasteiger charge is -2.55. The minimum absolute atomic E-state index is 0.235. The van der Waals surface area contributed by atoms with Gasteiger partial charge in [0.2, 0.25) is 5.91 Å². The van der Waals surface area contributed by atoms with Gasteiger partial charge in [0.25, 0.3) is 15.7 Å². The highest BCUT2D eigenvalue weighted by atomic mass is 32.2. The van der Waals surface area contributed by atoms with E-state index in [0.717, 1.165) is 28.6 Å². The highest BCUT2D eigenvalue weighted by Gasteiger charge is 2.65. The maximum Gasteiger partial charge on any atom is 0.269 e. The summed E-state index contributed by atoms with van der Waals surface area (Å²) in [5.74, 6) is -1.08. The molecule has 0 bridgehead atoms. The van der Waals surface area contributed by atoms with Crippen LogP contribution in [0.15, 0.2) is 83.8 Å². The van der Waals surface area contributed by atoms with Gasteiger partial charge in [0.1, 0.15) is 11.2 Å². The zero-order valence-electron chi connectivity index (χ0n) is 17.0. The summed E-state index contributed by atoms with van der Waals surface area (Å²) in [6, 6.07) is 17.7. The quantitative estimate of drug-likeness (QED) is 0.313. The van der Waals surface area contributed by atoms with E-state index in [1.54, 1.807) is 37.3 Å². The molecule has 0 N–H and O–H groups in total. The molecule has 0 aromatic heterocycles. The molecule has 4 rings (SSSR count). The van der Waals surface area contributed by atoms with Crippen LogP contribution in [0.4, 0.5) is 10.1 Å². The Balaban J connectivity index is 1.86. The number of hydrogen-bond acceptors (Lipinski definition) is 5. The molecule has 7 nitrogen and oxygen atoms in total. The molecule has 1 aliphatic heterocycles. The Hall–Kier alpha value is -3.59. The maximum atomic E-state index is 13.6. The van der Waals surface area contributed by atoms with Crippen LogP contribution in [0.1, 0.15) is 30.5 Å². The van der Waals surface area contributed by atoms with Gasteiger partial charge in [-0.05, 0) is 41.8 Å². The van der Waals surface area contributed by atoms with Gasteiger partial charge in [-0.1, -0.05) is 49.4 Å².